The first-order chi connectivity index (χ1) is 11.1. The highest BCUT2D eigenvalue weighted by atomic mass is 31.0. The molecule has 1 N–H and O–H groups in total. The van der Waals surface area contributed by atoms with Gasteiger partial charge in [0.05, 0.1) is 5.71 Å². The van der Waals surface area contributed by atoms with E-state index >= 15 is 0 Å². The van der Waals surface area contributed by atoms with Crippen molar-refractivity contribution >= 4 is 26.5 Å². The summed E-state index contributed by atoms with van der Waals surface area (Å²) in [6, 6.07) is 5.94. The number of hydrogen-bond acceptors (Lipinski definition) is 3. The van der Waals surface area contributed by atoms with E-state index in [4.69, 9.17) is 4.84 Å². The van der Waals surface area contributed by atoms with Crippen molar-refractivity contribution in [2.24, 2.45) is 5.16 Å². The SMILES string of the molecule is C=C(P)C(=O)Nc1ccc2c(c1)CCC/C2=N\OCCCCC. The second-order valence-electron chi connectivity index (χ2n) is 5.78. The zero-order valence-corrected chi connectivity index (χ0v) is 14.9. The number of hydrogen-bond donors (Lipinski definition) is 1. The molecule has 124 valence electrons. The van der Waals surface area contributed by atoms with E-state index in [0.29, 0.717) is 11.9 Å². The largest absolute Gasteiger partial charge is 0.396 e. The molecule has 1 aliphatic rings. The molecule has 1 aromatic carbocycles. The topological polar surface area (TPSA) is 50.7 Å². The summed E-state index contributed by atoms with van der Waals surface area (Å²) in [5.74, 6) is -0.182. The van der Waals surface area contributed by atoms with E-state index in [9.17, 15) is 4.79 Å². The molecule has 23 heavy (non-hydrogen) atoms. The van der Waals surface area contributed by atoms with Gasteiger partial charge in [-0.25, -0.2) is 0 Å². The van der Waals surface area contributed by atoms with Crippen molar-refractivity contribution in [3.05, 3.63) is 41.2 Å². The van der Waals surface area contributed by atoms with Crippen LogP contribution in [0.15, 0.2) is 35.2 Å². The van der Waals surface area contributed by atoms with E-state index in [0.717, 1.165) is 42.6 Å². The molecule has 0 radical (unpaired) electrons. The lowest BCUT2D eigenvalue weighted by Crippen LogP contribution is -2.15. The quantitative estimate of drug-likeness (QED) is 0.351. The molecule has 5 heteroatoms. The fraction of sp³-hybridized carbons (Fsp3) is 0.444. The van der Waals surface area contributed by atoms with Gasteiger partial charge in [0.2, 0.25) is 0 Å². The van der Waals surface area contributed by atoms with Crippen LogP contribution in [0.25, 0.3) is 0 Å². The summed E-state index contributed by atoms with van der Waals surface area (Å²) >= 11 is 0. The van der Waals surface area contributed by atoms with Crippen molar-refractivity contribution in [1.82, 2.24) is 0 Å². The first kappa shape index (κ1) is 17.7. The molecular formula is C18H25N2O2P. The Hall–Kier alpha value is -1.67. The monoisotopic (exact) mass is 332 g/mol. The van der Waals surface area contributed by atoms with Crippen molar-refractivity contribution in [2.75, 3.05) is 11.9 Å². The summed E-state index contributed by atoms with van der Waals surface area (Å²) in [6.45, 7) is 6.47. The van der Waals surface area contributed by atoms with Gasteiger partial charge in [0.1, 0.15) is 6.61 Å². The first-order valence-electron chi connectivity index (χ1n) is 8.19. The standard InChI is InChI=1S/C18H25N2O2P/c1-3-4-5-11-22-20-17-8-6-7-14-12-15(9-10-16(14)17)19-18(21)13(2)23/h9-10,12H,2-8,11,23H2,1H3,(H,19,21)/b20-17+. The van der Waals surface area contributed by atoms with Gasteiger partial charge in [-0.3, -0.25) is 4.79 Å². The van der Waals surface area contributed by atoms with Crippen LogP contribution in [-0.2, 0) is 16.1 Å². The zero-order chi connectivity index (χ0) is 16.7. The first-order valence-corrected chi connectivity index (χ1v) is 8.77. The maximum absolute atomic E-state index is 11.7. The van der Waals surface area contributed by atoms with Crippen molar-refractivity contribution in [3.63, 3.8) is 0 Å². The van der Waals surface area contributed by atoms with Crippen molar-refractivity contribution in [2.45, 2.75) is 45.4 Å². The minimum atomic E-state index is -0.182. The molecule has 1 unspecified atom stereocenters. The Morgan fingerprint density at radius 1 is 1.39 bits per heavy atom. The molecule has 0 saturated carbocycles. The van der Waals surface area contributed by atoms with Crippen LogP contribution in [-0.4, -0.2) is 18.2 Å². The summed E-state index contributed by atoms with van der Waals surface area (Å²) in [7, 11) is 2.32. The Morgan fingerprint density at radius 2 is 2.22 bits per heavy atom. The number of carbonyl (C=O) groups excluding carboxylic acids is 1. The second kappa shape index (κ2) is 8.83. The fourth-order valence-electron chi connectivity index (χ4n) is 2.59. The summed E-state index contributed by atoms with van der Waals surface area (Å²) < 4.78 is 0. The van der Waals surface area contributed by atoms with Gasteiger partial charge < -0.3 is 10.2 Å². The highest BCUT2D eigenvalue weighted by molar-refractivity contribution is 7.25. The van der Waals surface area contributed by atoms with E-state index in [1.54, 1.807) is 0 Å². The lowest BCUT2D eigenvalue weighted by molar-refractivity contribution is -0.112. The number of oxime groups is 1. The number of nitrogens with zero attached hydrogens (tertiary/aromatic N) is 1. The molecule has 1 aliphatic carbocycles. The summed E-state index contributed by atoms with van der Waals surface area (Å²) in [5.41, 5.74) is 4.15. The molecule has 0 spiro atoms. The average Bonchev–Trinajstić information content (AvgIpc) is 2.54. The highest BCUT2D eigenvalue weighted by Crippen LogP contribution is 2.25. The maximum atomic E-state index is 11.7. The normalized spacial score (nSPS) is 15.1. The van der Waals surface area contributed by atoms with Gasteiger partial charge in [0, 0.05) is 16.6 Å². The van der Waals surface area contributed by atoms with Crippen LogP contribution < -0.4 is 5.32 Å². The van der Waals surface area contributed by atoms with E-state index in [1.165, 1.54) is 18.4 Å². The molecular weight excluding hydrogens is 307 g/mol. The Morgan fingerprint density at radius 3 is 2.96 bits per heavy atom. The summed E-state index contributed by atoms with van der Waals surface area (Å²) in [4.78, 5) is 17.2. The number of anilines is 1. The number of unbranched alkanes of at least 4 members (excludes halogenated alkanes) is 2. The van der Waals surface area contributed by atoms with Crippen LogP contribution in [0.5, 0.6) is 0 Å². The number of amides is 1. The van der Waals surface area contributed by atoms with Crippen LogP contribution in [0, 0.1) is 0 Å². The molecule has 2 rings (SSSR count). The molecule has 0 saturated heterocycles. The molecule has 0 fully saturated rings. The molecule has 0 aromatic heterocycles. The third-order valence-electron chi connectivity index (χ3n) is 3.84. The minimum absolute atomic E-state index is 0.182. The minimum Gasteiger partial charge on any atom is -0.396 e. The zero-order valence-electron chi connectivity index (χ0n) is 13.7. The number of carbonyl (C=O) groups is 1. The van der Waals surface area contributed by atoms with Crippen LogP contribution in [0.3, 0.4) is 0 Å². The summed E-state index contributed by atoms with van der Waals surface area (Å²) in [6.07, 6.45) is 6.39. The maximum Gasteiger partial charge on any atom is 0.254 e. The van der Waals surface area contributed by atoms with Gasteiger partial charge in [-0.1, -0.05) is 37.6 Å². The van der Waals surface area contributed by atoms with Crippen LogP contribution in [0.1, 0.15) is 50.2 Å². The molecule has 1 atom stereocenters. The van der Waals surface area contributed by atoms with Gasteiger partial charge in [-0.15, -0.1) is 9.24 Å². The van der Waals surface area contributed by atoms with E-state index in [2.05, 4.69) is 33.2 Å². The molecule has 0 heterocycles. The Kier molecular flexibility index (Phi) is 6.79. The lowest BCUT2D eigenvalue weighted by atomic mass is 9.90. The number of rotatable bonds is 7. The predicted molar refractivity (Wildman–Crippen MR) is 98.9 cm³/mol. The Balaban J connectivity index is 2.06. The van der Waals surface area contributed by atoms with Crippen LogP contribution in [0.4, 0.5) is 5.69 Å². The number of aryl methyl sites for hydroxylation is 1. The molecule has 0 aliphatic heterocycles. The molecule has 1 aromatic rings. The second-order valence-corrected chi connectivity index (χ2v) is 6.48. The van der Waals surface area contributed by atoms with Gasteiger partial charge in [-0.2, -0.15) is 0 Å². The molecule has 0 bridgehead atoms. The fourth-order valence-corrected chi connectivity index (χ4v) is 2.66. The van der Waals surface area contributed by atoms with Crippen molar-refractivity contribution in [3.8, 4) is 0 Å². The predicted octanol–water partition coefficient (Wildman–Crippen LogP) is 4.26. The average molecular weight is 332 g/mol. The van der Waals surface area contributed by atoms with E-state index in [-0.39, 0.29) is 5.91 Å². The summed E-state index contributed by atoms with van der Waals surface area (Å²) in [5, 5.41) is 7.59. The van der Waals surface area contributed by atoms with Gasteiger partial charge in [0.25, 0.3) is 5.91 Å². The number of benzene rings is 1. The number of fused-ring (bicyclic) bond motifs is 1. The van der Waals surface area contributed by atoms with Crippen molar-refractivity contribution < 1.29 is 9.63 Å². The third-order valence-corrected chi connectivity index (χ3v) is 4.10. The van der Waals surface area contributed by atoms with Crippen molar-refractivity contribution in [1.29, 1.82) is 0 Å². The number of nitrogens with one attached hydrogen (secondary N) is 1. The molecule has 4 nitrogen and oxygen atoms in total. The van der Waals surface area contributed by atoms with Gasteiger partial charge in [-0.05, 0) is 43.4 Å². The van der Waals surface area contributed by atoms with Crippen LogP contribution >= 0.6 is 9.24 Å². The van der Waals surface area contributed by atoms with Crippen LogP contribution in [0.2, 0.25) is 0 Å². The lowest BCUT2D eigenvalue weighted by Gasteiger charge is -2.18. The van der Waals surface area contributed by atoms with E-state index < -0.39 is 0 Å². The third kappa shape index (κ3) is 5.18. The molecule has 1 amide bonds. The van der Waals surface area contributed by atoms with Gasteiger partial charge in [0.15, 0.2) is 0 Å². The Bertz CT molecular complexity index is 611. The van der Waals surface area contributed by atoms with Gasteiger partial charge >= 0.3 is 0 Å². The van der Waals surface area contributed by atoms with E-state index in [1.807, 2.05) is 18.2 Å². The highest BCUT2D eigenvalue weighted by Gasteiger charge is 2.17. The smallest absolute Gasteiger partial charge is 0.254 e. The Labute approximate surface area is 140 Å².